The van der Waals surface area contributed by atoms with Crippen LogP contribution in [0.3, 0.4) is 0 Å². The van der Waals surface area contributed by atoms with Gasteiger partial charge in [-0.1, -0.05) is 30.3 Å². The highest BCUT2D eigenvalue weighted by molar-refractivity contribution is 5.20. The molecule has 1 aliphatic heterocycles. The number of halogens is 3. The van der Waals surface area contributed by atoms with E-state index in [4.69, 9.17) is 0 Å². The van der Waals surface area contributed by atoms with E-state index in [0.717, 1.165) is 13.1 Å². The minimum Gasteiger partial charge on any atom is -0.316 e. The Morgan fingerprint density at radius 2 is 1.88 bits per heavy atom. The Morgan fingerprint density at radius 1 is 1.24 bits per heavy atom. The highest BCUT2D eigenvalue weighted by Gasteiger charge is 2.40. The summed E-state index contributed by atoms with van der Waals surface area (Å²) in [5.74, 6) is 0.309. The summed E-state index contributed by atoms with van der Waals surface area (Å²) in [4.78, 5) is 0. The molecule has 2 rings (SSSR count). The van der Waals surface area contributed by atoms with Crippen LogP contribution in [0.25, 0.3) is 0 Å². The first-order valence-electron chi connectivity index (χ1n) is 5.63. The zero-order valence-electron chi connectivity index (χ0n) is 9.30. The average molecular weight is 244 g/mol. The molecule has 1 aromatic carbocycles. The average Bonchev–Trinajstić information content (AvgIpc) is 2.21. The van der Waals surface area contributed by atoms with Crippen molar-refractivity contribution in [3.63, 3.8) is 0 Å². The fraction of sp³-hybridized carbons (Fsp3) is 0.500. The molecule has 1 atom stereocenters. The van der Waals surface area contributed by atoms with Crippen molar-refractivity contribution in [1.29, 1.82) is 0 Å². The number of nitrogens with one attached hydrogen (secondary N) is 2. The second-order valence-electron chi connectivity index (χ2n) is 4.32. The Morgan fingerprint density at radius 3 is 2.35 bits per heavy atom. The minimum absolute atomic E-state index is 0.271. The molecule has 0 unspecified atom stereocenters. The van der Waals surface area contributed by atoms with Crippen molar-refractivity contribution in [1.82, 2.24) is 10.6 Å². The van der Waals surface area contributed by atoms with E-state index in [1.165, 1.54) is 12.1 Å². The first-order valence-corrected chi connectivity index (χ1v) is 5.63. The molecule has 0 aliphatic carbocycles. The topological polar surface area (TPSA) is 24.1 Å². The van der Waals surface area contributed by atoms with Crippen LogP contribution in [0.15, 0.2) is 30.3 Å². The van der Waals surface area contributed by atoms with Gasteiger partial charge in [0.25, 0.3) is 0 Å². The number of alkyl halides is 3. The third kappa shape index (κ3) is 3.20. The van der Waals surface area contributed by atoms with Crippen LogP contribution in [0.2, 0.25) is 0 Å². The summed E-state index contributed by atoms with van der Waals surface area (Å²) in [6, 6.07) is 6.41. The van der Waals surface area contributed by atoms with Crippen molar-refractivity contribution >= 4 is 0 Å². The van der Waals surface area contributed by atoms with Crippen LogP contribution in [-0.4, -0.2) is 25.8 Å². The number of hydrogen-bond acceptors (Lipinski definition) is 2. The van der Waals surface area contributed by atoms with Crippen LogP contribution in [0.4, 0.5) is 13.2 Å². The smallest absolute Gasteiger partial charge is 0.316 e. The molecule has 1 saturated heterocycles. The maximum Gasteiger partial charge on any atom is 0.407 e. The van der Waals surface area contributed by atoms with Crippen molar-refractivity contribution in [3.05, 3.63) is 35.9 Å². The third-order valence-corrected chi connectivity index (χ3v) is 2.94. The number of benzene rings is 1. The van der Waals surface area contributed by atoms with Crippen molar-refractivity contribution in [3.8, 4) is 0 Å². The van der Waals surface area contributed by atoms with Gasteiger partial charge in [-0.2, -0.15) is 13.2 Å². The van der Waals surface area contributed by atoms with Gasteiger partial charge in [-0.15, -0.1) is 0 Å². The molecule has 1 aromatic rings. The molecule has 0 radical (unpaired) electrons. The molecule has 0 bridgehead atoms. The van der Waals surface area contributed by atoms with Gasteiger partial charge in [-0.25, -0.2) is 0 Å². The zero-order chi connectivity index (χ0) is 12.3. The lowest BCUT2D eigenvalue weighted by Gasteiger charge is -2.30. The molecule has 0 saturated carbocycles. The van der Waals surface area contributed by atoms with E-state index in [2.05, 4.69) is 10.6 Å². The Hall–Kier alpha value is -1.07. The lowest BCUT2D eigenvalue weighted by molar-refractivity contribution is -0.158. The van der Waals surface area contributed by atoms with Gasteiger partial charge in [0.1, 0.15) is 6.04 Å². The Balaban J connectivity index is 2.03. The maximum atomic E-state index is 12.9. The van der Waals surface area contributed by atoms with Gasteiger partial charge in [0, 0.05) is 19.6 Å². The highest BCUT2D eigenvalue weighted by Crippen LogP contribution is 2.32. The van der Waals surface area contributed by atoms with Crippen LogP contribution in [-0.2, 0) is 0 Å². The van der Waals surface area contributed by atoms with E-state index in [1.54, 1.807) is 18.2 Å². The van der Waals surface area contributed by atoms with E-state index in [1.807, 2.05) is 0 Å². The number of rotatable bonds is 4. The molecular formula is C12H15F3N2. The van der Waals surface area contributed by atoms with E-state index < -0.39 is 12.2 Å². The highest BCUT2D eigenvalue weighted by atomic mass is 19.4. The minimum atomic E-state index is -4.25. The molecule has 2 N–H and O–H groups in total. The molecule has 5 heteroatoms. The largest absolute Gasteiger partial charge is 0.407 e. The van der Waals surface area contributed by atoms with Crippen molar-refractivity contribution in [2.45, 2.75) is 12.2 Å². The van der Waals surface area contributed by atoms with Crippen LogP contribution < -0.4 is 10.6 Å². The van der Waals surface area contributed by atoms with Crippen LogP contribution >= 0.6 is 0 Å². The molecule has 1 aliphatic rings. The normalized spacial score (nSPS) is 18.8. The van der Waals surface area contributed by atoms with E-state index in [0.29, 0.717) is 12.5 Å². The second-order valence-corrected chi connectivity index (χ2v) is 4.32. The quantitative estimate of drug-likeness (QED) is 0.847. The summed E-state index contributed by atoms with van der Waals surface area (Å²) >= 11 is 0. The van der Waals surface area contributed by atoms with E-state index in [-0.39, 0.29) is 5.56 Å². The Labute approximate surface area is 98.2 Å². The van der Waals surface area contributed by atoms with E-state index in [9.17, 15) is 13.2 Å². The standard InChI is InChI=1S/C12H15F3N2/c13-12(14,15)11(10-4-2-1-3-5-10)17-8-9-6-16-7-9/h1-5,9,11,16-17H,6-8H2/t11-/m0/s1. The molecule has 0 aromatic heterocycles. The lowest BCUT2D eigenvalue weighted by atomic mass is 10.0. The summed E-state index contributed by atoms with van der Waals surface area (Å²) in [6.07, 6.45) is -4.25. The van der Waals surface area contributed by atoms with Gasteiger partial charge in [0.15, 0.2) is 0 Å². The van der Waals surface area contributed by atoms with Crippen molar-refractivity contribution in [2.75, 3.05) is 19.6 Å². The van der Waals surface area contributed by atoms with E-state index >= 15 is 0 Å². The second kappa shape index (κ2) is 5.06. The van der Waals surface area contributed by atoms with Crippen LogP contribution in [0.1, 0.15) is 11.6 Å². The molecule has 1 fully saturated rings. The summed E-state index contributed by atoms with van der Waals surface area (Å²) < 4.78 is 38.7. The Bertz CT molecular complexity index is 347. The zero-order valence-corrected chi connectivity index (χ0v) is 9.30. The van der Waals surface area contributed by atoms with Crippen LogP contribution in [0.5, 0.6) is 0 Å². The Kier molecular flexibility index (Phi) is 3.69. The fourth-order valence-corrected chi connectivity index (χ4v) is 1.85. The molecule has 94 valence electrons. The first kappa shape index (κ1) is 12.4. The molecular weight excluding hydrogens is 229 g/mol. The van der Waals surface area contributed by atoms with Gasteiger partial charge < -0.3 is 10.6 Å². The van der Waals surface area contributed by atoms with Crippen LogP contribution in [0, 0.1) is 5.92 Å². The van der Waals surface area contributed by atoms with Gasteiger partial charge in [0.05, 0.1) is 0 Å². The molecule has 17 heavy (non-hydrogen) atoms. The molecule has 1 heterocycles. The monoisotopic (exact) mass is 244 g/mol. The summed E-state index contributed by atoms with van der Waals surface area (Å²) in [7, 11) is 0. The van der Waals surface area contributed by atoms with Crippen molar-refractivity contribution in [2.24, 2.45) is 5.92 Å². The fourth-order valence-electron chi connectivity index (χ4n) is 1.85. The van der Waals surface area contributed by atoms with Gasteiger partial charge in [-0.05, 0) is 11.5 Å². The predicted octanol–water partition coefficient (Wildman–Crippen LogP) is 2.10. The SMILES string of the molecule is FC(F)(F)[C@@H](NCC1CNC1)c1ccccc1. The molecule has 2 nitrogen and oxygen atoms in total. The molecule has 0 spiro atoms. The van der Waals surface area contributed by atoms with Gasteiger partial charge in [-0.3, -0.25) is 0 Å². The lowest BCUT2D eigenvalue weighted by Crippen LogP contribution is -2.49. The summed E-state index contributed by atoms with van der Waals surface area (Å²) in [5.41, 5.74) is 0.271. The van der Waals surface area contributed by atoms with Crippen molar-refractivity contribution < 1.29 is 13.2 Å². The summed E-state index contributed by atoms with van der Waals surface area (Å²) in [5, 5.41) is 5.66. The summed E-state index contributed by atoms with van der Waals surface area (Å²) in [6.45, 7) is 1.99. The predicted molar refractivity (Wildman–Crippen MR) is 59.6 cm³/mol. The number of hydrogen-bond donors (Lipinski definition) is 2. The third-order valence-electron chi connectivity index (χ3n) is 2.94. The molecule has 0 amide bonds. The first-order chi connectivity index (χ1) is 8.07. The maximum absolute atomic E-state index is 12.9. The van der Waals surface area contributed by atoms with Gasteiger partial charge in [0.2, 0.25) is 0 Å². The van der Waals surface area contributed by atoms with Gasteiger partial charge >= 0.3 is 6.18 Å².